The standard InChI is InChI=1S/C57H60O7/c1-29(2)40-27-41(23-38-11-13-49(58)47(25-38)55(43-15-34(7)51(60)19-30(43)3)44-16-35(8)52(61)20-31(44)4)57(64)42(28-40)24-39-12-14-50(59)48(26-39)56(45-17-36(9)53(62)21-32(45)5)46-18-37(10)54(63)22-33(46)6/h11-22,25-29,55-56,58-64H,23-24H2,1-10H3. The quantitative estimate of drug-likeness (QED) is 0.0642. The van der Waals surface area contributed by atoms with Crippen LogP contribution in [-0.4, -0.2) is 35.7 Å². The summed E-state index contributed by atoms with van der Waals surface area (Å²) in [5.74, 6) is 0.474. The summed E-state index contributed by atoms with van der Waals surface area (Å²) in [6, 6.07) is 30.1. The molecule has 7 aromatic carbocycles. The zero-order chi connectivity index (χ0) is 46.5. The average Bonchev–Trinajstić information content (AvgIpc) is 3.23. The molecule has 7 nitrogen and oxygen atoms in total. The minimum atomic E-state index is -0.430. The maximum absolute atomic E-state index is 12.2. The van der Waals surface area contributed by atoms with Gasteiger partial charge in [0.15, 0.2) is 0 Å². The van der Waals surface area contributed by atoms with Gasteiger partial charge in [-0.15, -0.1) is 0 Å². The van der Waals surface area contributed by atoms with Gasteiger partial charge in [0.25, 0.3) is 0 Å². The van der Waals surface area contributed by atoms with E-state index in [9.17, 15) is 35.7 Å². The zero-order valence-corrected chi connectivity index (χ0v) is 38.5. The van der Waals surface area contributed by atoms with Crippen LogP contribution in [0.1, 0.15) is 137 Å². The molecule has 0 radical (unpaired) electrons. The van der Waals surface area contributed by atoms with Crippen molar-refractivity contribution < 1.29 is 35.7 Å². The Kier molecular flexibility index (Phi) is 12.5. The first-order chi connectivity index (χ1) is 30.2. The van der Waals surface area contributed by atoms with Crippen LogP contribution < -0.4 is 0 Å². The molecule has 7 rings (SSSR count). The molecule has 0 fully saturated rings. The lowest BCUT2D eigenvalue weighted by atomic mass is 9.78. The highest BCUT2D eigenvalue weighted by molar-refractivity contribution is 5.60. The van der Waals surface area contributed by atoms with E-state index >= 15 is 0 Å². The lowest BCUT2D eigenvalue weighted by Gasteiger charge is -2.26. The largest absolute Gasteiger partial charge is 0.508 e. The highest BCUT2D eigenvalue weighted by Gasteiger charge is 2.28. The summed E-state index contributed by atoms with van der Waals surface area (Å²) in [6.07, 6.45) is 0.755. The summed E-state index contributed by atoms with van der Waals surface area (Å²) >= 11 is 0. The molecule has 0 aliphatic heterocycles. The molecular weight excluding hydrogens is 797 g/mol. The van der Waals surface area contributed by atoms with Crippen LogP contribution in [0.5, 0.6) is 40.2 Å². The lowest BCUT2D eigenvalue weighted by molar-refractivity contribution is 0.462. The summed E-state index contributed by atoms with van der Waals surface area (Å²) in [5, 5.41) is 77.9. The maximum Gasteiger partial charge on any atom is 0.122 e. The monoisotopic (exact) mass is 856 g/mol. The maximum atomic E-state index is 12.2. The van der Waals surface area contributed by atoms with Gasteiger partial charge < -0.3 is 35.7 Å². The van der Waals surface area contributed by atoms with E-state index in [1.54, 1.807) is 36.4 Å². The van der Waals surface area contributed by atoms with E-state index in [1.165, 1.54) is 0 Å². The molecule has 0 saturated heterocycles. The number of hydrogen-bond acceptors (Lipinski definition) is 7. The SMILES string of the molecule is Cc1cc(C(c2cc(C)c(O)cc2C)c2cc(Cc3cc(C(C)C)cc(Cc4ccc(O)c(C(c5cc(C)c(O)cc5C)c5cc(C)c(O)cc5C)c4)c3O)ccc2O)c(C)cc1O. The first-order valence-electron chi connectivity index (χ1n) is 21.9. The van der Waals surface area contributed by atoms with Gasteiger partial charge in [-0.25, -0.2) is 0 Å². The normalized spacial score (nSPS) is 11.6. The second-order valence-electron chi connectivity index (χ2n) is 18.3. The first kappa shape index (κ1) is 45.2. The van der Waals surface area contributed by atoms with Gasteiger partial charge in [0.1, 0.15) is 40.2 Å². The fraction of sp³-hybridized carbons (Fsp3) is 0.263. The van der Waals surface area contributed by atoms with Crippen molar-refractivity contribution in [2.24, 2.45) is 0 Å². The molecule has 0 aromatic heterocycles. The number of benzene rings is 7. The number of hydrogen-bond donors (Lipinski definition) is 7. The zero-order valence-electron chi connectivity index (χ0n) is 38.5. The Morgan fingerprint density at radius 1 is 0.328 bits per heavy atom. The third-order valence-electron chi connectivity index (χ3n) is 13.1. The molecule has 0 spiro atoms. The van der Waals surface area contributed by atoms with Crippen molar-refractivity contribution in [3.8, 4) is 40.2 Å². The third-order valence-corrected chi connectivity index (χ3v) is 13.1. The fourth-order valence-electron chi connectivity index (χ4n) is 9.26. The predicted octanol–water partition coefficient (Wildman–Crippen LogP) is 12.8. The van der Waals surface area contributed by atoms with Crippen LogP contribution in [0.2, 0.25) is 0 Å². The molecule has 0 bridgehead atoms. The minimum absolute atomic E-state index is 0.113. The first-order valence-corrected chi connectivity index (χ1v) is 21.9. The van der Waals surface area contributed by atoms with Gasteiger partial charge in [-0.3, -0.25) is 0 Å². The van der Waals surface area contributed by atoms with Crippen molar-refractivity contribution in [2.45, 2.75) is 99.8 Å². The second-order valence-corrected chi connectivity index (χ2v) is 18.3. The predicted molar refractivity (Wildman–Crippen MR) is 256 cm³/mol. The van der Waals surface area contributed by atoms with Crippen LogP contribution in [0.25, 0.3) is 0 Å². The summed E-state index contributed by atoms with van der Waals surface area (Å²) in [6.45, 7) is 19.5. The van der Waals surface area contributed by atoms with E-state index in [0.29, 0.717) is 46.2 Å². The summed E-state index contributed by atoms with van der Waals surface area (Å²) in [4.78, 5) is 0. The summed E-state index contributed by atoms with van der Waals surface area (Å²) in [7, 11) is 0. The summed E-state index contributed by atoms with van der Waals surface area (Å²) < 4.78 is 0. The number of rotatable bonds is 11. The van der Waals surface area contributed by atoms with Crippen LogP contribution in [0, 0.1) is 55.4 Å². The average molecular weight is 857 g/mol. The number of phenolic OH excluding ortho intramolecular Hbond substituents is 7. The Morgan fingerprint density at radius 3 is 0.906 bits per heavy atom. The molecular formula is C57H60O7. The van der Waals surface area contributed by atoms with E-state index in [-0.39, 0.29) is 46.2 Å². The van der Waals surface area contributed by atoms with Crippen LogP contribution in [-0.2, 0) is 12.8 Å². The molecule has 0 heterocycles. The van der Waals surface area contributed by atoms with E-state index in [1.807, 2.05) is 104 Å². The molecule has 0 atom stereocenters. The molecule has 7 heteroatoms. The van der Waals surface area contributed by atoms with Crippen molar-refractivity contribution in [2.75, 3.05) is 0 Å². The van der Waals surface area contributed by atoms with Crippen LogP contribution in [0.15, 0.2) is 97.1 Å². The Labute approximate surface area is 377 Å². The van der Waals surface area contributed by atoms with Gasteiger partial charge in [0.05, 0.1) is 0 Å². The summed E-state index contributed by atoms with van der Waals surface area (Å²) in [5.41, 5.74) is 15.6. The van der Waals surface area contributed by atoms with Gasteiger partial charge >= 0.3 is 0 Å². The van der Waals surface area contributed by atoms with E-state index in [0.717, 1.165) is 72.3 Å². The second kappa shape index (κ2) is 17.7. The molecule has 0 unspecified atom stereocenters. The Hall–Kier alpha value is -6.86. The van der Waals surface area contributed by atoms with E-state index < -0.39 is 11.8 Å². The van der Waals surface area contributed by atoms with Gasteiger partial charge in [-0.05, 0) is 192 Å². The van der Waals surface area contributed by atoms with Crippen molar-refractivity contribution in [3.05, 3.63) is 203 Å². The molecule has 0 aliphatic carbocycles. The number of aromatic hydroxyl groups is 7. The number of aryl methyl sites for hydroxylation is 8. The van der Waals surface area contributed by atoms with E-state index in [4.69, 9.17) is 0 Å². The molecule has 7 aromatic rings. The molecule has 330 valence electrons. The molecule has 0 saturated carbocycles. The number of phenols is 7. The topological polar surface area (TPSA) is 142 Å². The highest BCUT2D eigenvalue weighted by atomic mass is 16.3. The van der Waals surface area contributed by atoms with Crippen LogP contribution in [0.4, 0.5) is 0 Å². The smallest absolute Gasteiger partial charge is 0.122 e. The Balaban J connectivity index is 1.32. The van der Waals surface area contributed by atoms with Crippen molar-refractivity contribution in [3.63, 3.8) is 0 Å². The third kappa shape index (κ3) is 8.85. The van der Waals surface area contributed by atoms with Gasteiger partial charge in [0.2, 0.25) is 0 Å². The van der Waals surface area contributed by atoms with Crippen LogP contribution >= 0.6 is 0 Å². The lowest BCUT2D eigenvalue weighted by Crippen LogP contribution is -2.09. The molecule has 0 aliphatic rings. The van der Waals surface area contributed by atoms with Crippen molar-refractivity contribution >= 4 is 0 Å². The Bertz CT molecular complexity index is 2630. The van der Waals surface area contributed by atoms with E-state index in [2.05, 4.69) is 26.0 Å². The fourth-order valence-corrected chi connectivity index (χ4v) is 9.26. The van der Waals surface area contributed by atoms with Crippen molar-refractivity contribution in [1.82, 2.24) is 0 Å². The molecule has 64 heavy (non-hydrogen) atoms. The van der Waals surface area contributed by atoms with Crippen molar-refractivity contribution in [1.29, 1.82) is 0 Å². The minimum Gasteiger partial charge on any atom is -0.508 e. The molecule has 7 N–H and O–H groups in total. The van der Waals surface area contributed by atoms with Gasteiger partial charge in [-0.1, -0.05) is 74.5 Å². The Morgan fingerprint density at radius 2 is 0.625 bits per heavy atom. The molecule has 0 amide bonds. The van der Waals surface area contributed by atoms with Crippen LogP contribution in [0.3, 0.4) is 0 Å². The highest BCUT2D eigenvalue weighted by Crippen LogP contribution is 2.45. The van der Waals surface area contributed by atoms with Gasteiger partial charge in [0, 0.05) is 35.8 Å². The van der Waals surface area contributed by atoms with Gasteiger partial charge in [-0.2, -0.15) is 0 Å².